The Morgan fingerprint density at radius 1 is 1.03 bits per heavy atom. The molecule has 31 heavy (non-hydrogen) atoms. The van der Waals surface area contributed by atoms with Gasteiger partial charge in [-0.2, -0.15) is 0 Å². The number of barbiturate groups is 1. The molecule has 0 aromatic heterocycles. The number of hydrogen-bond donors (Lipinski definition) is 1. The Hall–Kier alpha value is -2.30. The van der Waals surface area contributed by atoms with Crippen molar-refractivity contribution in [2.24, 2.45) is 0 Å². The number of amides is 4. The zero-order valence-corrected chi connectivity index (χ0v) is 20.2. The number of halogens is 3. The minimum Gasteiger partial charge on any atom is -0.490 e. The van der Waals surface area contributed by atoms with Crippen molar-refractivity contribution in [1.29, 1.82) is 0 Å². The van der Waals surface area contributed by atoms with E-state index in [4.69, 9.17) is 32.7 Å². The average molecular weight is 575 g/mol. The van der Waals surface area contributed by atoms with Crippen LogP contribution >= 0.6 is 45.8 Å². The minimum absolute atomic E-state index is 0.171. The number of carbonyl (C=O) groups is 3. The summed E-state index contributed by atoms with van der Waals surface area (Å²) in [7, 11) is 0. The fourth-order valence-electron chi connectivity index (χ4n) is 2.90. The summed E-state index contributed by atoms with van der Waals surface area (Å²) in [5.41, 5.74) is 0.512. The third-order valence-electron chi connectivity index (χ3n) is 4.19. The van der Waals surface area contributed by atoms with E-state index in [0.29, 0.717) is 30.3 Å². The van der Waals surface area contributed by atoms with Crippen molar-refractivity contribution in [3.8, 4) is 11.5 Å². The van der Waals surface area contributed by atoms with Gasteiger partial charge in [0.1, 0.15) is 5.57 Å². The van der Waals surface area contributed by atoms with Gasteiger partial charge in [0, 0.05) is 0 Å². The Bertz CT molecular complexity index is 1100. The highest BCUT2D eigenvalue weighted by atomic mass is 127. The van der Waals surface area contributed by atoms with Crippen molar-refractivity contribution >= 4 is 75.4 Å². The number of rotatable bonds is 6. The molecule has 162 valence electrons. The van der Waals surface area contributed by atoms with Gasteiger partial charge in [-0.05, 0) is 78.4 Å². The van der Waals surface area contributed by atoms with Gasteiger partial charge in [0.05, 0.1) is 32.5 Å². The quantitative estimate of drug-likeness (QED) is 0.296. The first kappa shape index (κ1) is 23.4. The second-order valence-corrected chi connectivity index (χ2v) is 8.23. The third-order valence-corrected chi connectivity index (χ3v) is 5.73. The summed E-state index contributed by atoms with van der Waals surface area (Å²) in [5.74, 6) is -0.509. The van der Waals surface area contributed by atoms with Crippen LogP contribution in [0, 0.1) is 3.57 Å². The van der Waals surface area contributed by atoms with Crippen LogP contribution < -0.4 is 19.7 Å². The van der Waals surface area contributed by atoms with Crippen molar-refractivity contribution in [3.63, 3.8) is 0 Å². The maximum absolute atomic E-state index is 13.1. The van der Waals surface area contributed by atoms with Gasteiger partial charge in [-0.3, -0.25) is 14.9 Å². The molecule has 0 atom stereocenters. The molecule has 1 fully saturated rings. The SMILES string of the molecule is CCOc1cc(/C=C2\C(=O)NC(=O)N(c3ccc(Cl)c(Cl)c3)C2=O)cc(I)c1OCC. The standard InChI is InChI=1S/C21H17Cl2IN2O5/c1-3-30-17-9-11(8-16(24)18(17)31-4-2)7-13-19(27)25-21(29)26(20(13)28)12-5-6-14(22)15(23)10-12/h5-10H,3-4H2,1-2H3,(H,25,27,29)/b13-7+. The van der Waals surface area contributed by atoms with Gasteiger partial charge >= 0.3 is 6.03 Å². The number of carbonyl (C=O) groups excluding carboxylic acids is 3. The minimum atomic E-state index is -0.873. The summed E-state index contributed by atoms with van der Waals surface area (Å²) < 4.78 is 12.0. The third kappa shape index (κ3) is 4.97. The van der Waals surface area contributed by atoms with E-state index in [-0.39, 0.29) is 21.3 Å². The van der Waals surface area contributed by atoms with Crippen LogP contribution in [0.4, 0.5) is 10.5 Å². The van der Waals surface area contributed by atoms with E-state index in [1.165, 1.54) is 24.3 Å². The average Bonchev–Trinajstić information content (AvgIpc) is 2.70. The zero-order valence-electron chi connectivity index (χ0n) is 16.5. The monoisotopic (exact) mass is 574 g/mol. The predicted molar refractivity (Wildman–Crippen MR) is 127 cm³/mol. The van der Waals surface area contributed by atoms with E-state index in [1.807, 2.05) is 13.8 Å². The molecule has 1 heterocycles. The molecule has 2 aromatic carbocycles. The Balaban J connectivity index is 2.04. The number of ether oxygens (including phenoxy) is 2. The van der Waals surface area contributed by atoms with Crippen LogP contribution in [0.3, 0.4) is 0 Å². The van der Waals surface area contributed by atoms with Crippen LogP contribution in [0.15, 0.2) is 35.9 Å². The molecule has 1 aliphatic rings. The molecule has 10 heteroatoms. The Kier molecular flexibility index (Phi) is 7.45. The van der Waals surface area contributed by atoms with Gasteiger partial charge in [-0.15, -0.1) is 0 Å². The fourth-order valence-corrected chi connectivity index (χ4v) is 3.97. The lowest BCUT2D eigenvalue weighted by Crippen LogP contribution is -2.54. The normalized spacial score (nSPS) is 15.3. The van der Waals surface area contributed by atoms with Crippen LogP contribution in [0.5, 0.6) is 11.5 Å². The van der Waals surface area contributed by atoms with Crippen molar-refractivity contribution in [1.82, 2.24) is 5.32 Å². The molecule has 0 saturated carbocycles. The van der Waals surface area contributed by atoms with E-state index < -0.39 is 17.8 Å². The van der Waals surface area contributed by atoms with E-state index in [0.717, 1.165) is 8.47 Å². The molecule has 7 nitrogen and oxygen atoms in total. The lowest BCUT2D eigenvalue weighted by Gasteiger charge is -2.26. The largest absolute Gasteiger partial charge is 0.490 e. The number of anilines is 1. The summed E-state index contributed by atoms with van der Waals surface area (Å²) in [4.78, 5) is 38.7. The van der Waals surface area contributed by atoms with E-state index in [1.54, 1.807) is 12.1 Å². The number of imide groups is 2. The summed E-state index contributed by atoms with van der Waals surface area (Å²) in [6.07, 6.45) is 1.40. The molecular formula is C21H17Cl2IN2O5. The van der Waals surface area contributed by atoms with Gasteiger partial charge in [0.15, 0.2) is 11.5 Å². The highest BCUT2D eigenvalue weighted by Crippen LogP contribution is 2.35. The van der Waals surface area contributed by atoms with Crippen molar-refractivity contribution in [3.05, 3.63) is 55.1 Å². The summed E-state index contributed by atoms with van der Waals surface area (Å²) in [6, 6.07) is 6.85. The van der Waals surface area contributed by atoms with E-state index >= 15 is 0 Å². The second kappa shape index (κ2) is 9.88. The number of nitrogens with zero attached hydrogens (tertiary/aromatic N) is 1. The molecule has 0 bridgehead atoms. The number of hydrogen-bond acceptors (Lipinski definition) is 5. The Morgan fingerprint density at radius 2 is 1.74 bits per heavy atom. The first-order valence-electron chi connectivity index (χ1n) is 9.22. The zero-order chi connectivity index (χ0) is 22.7. The maximum atomic E-state index is 13.1. The highest BCUT2D eigenvalue weighted by molar-refractivity contribution is 14.1. The molecule has 0 spiro atoms. The Labute approximate surface area is 202 Å². The molecule has 1 saturated heterocycles. The predicted octanol–water partition coefficient (Wildman–Crippen LogP) is 5.06. The van der Waals surface area contributed by atoms with E-state index in [9.17, 15) is 14.4 Å². The van der Waals surface area contributed by atoms with Gasteiger partial charge < -0.3 is 9.47 Å². The molecule has 0 aliphatic carbocycles. The lowest BCUT2D eigenvalue weighted by atomic mass is 10.1. The topological polar surface area (TPSA) is 84.9 Å². The number of urea groups is 1. The smallest absolute Gasteiger partial charge is 0.335 e. The molecule has 0 unspecified atom stereocenters. The Morgan fingerprint density at radius 3 is 2.39 bits per heavy atom. The molecular weight excluding hydrogens is 558 g/mol. The molecule has 3 rings (SSSR count). The van der Waals surface area contributed by atoms with Crippen molar-refractivity contribution in [2.75, 3.05) is 18.1 Å². The summed E-state index contributed by atoms with van der Waals surface area (Å²) >= 11 is 14.0. The molecule has 1 aliphatic heterocycles. The first-order valence-corrected chi connectivity index (χ1v) is 11.1. The lowest BCUT2D eigenvalue weighted by molar-refractivity contribution is -0.122. The molecule has 4 amide bonds. The highest BCUT2D eigenvalue weighted by Gasteiger charge is 2.37. The molecule has 1 N–H and O–H groups in total. The number of nitrogens with one attached hydrogen (secondary N) is 1. The van der Waals surface area contributed by atoms with Crippen LogP contribution in [-0.4, -0.2) is 31.1 Å². The first-order chi connectivity index (χ1) is 14.8. The molecule has 0 radical (unpaired) electrons. The van der Waals surface area contributed by atoms with Gasteiger partial charge in [0.25, 0.3) is 11.8 Å². The summed E-state index contributed by atoms with van der Waals surface area (Å²) in [5, 5.41) is 2.62. The van der Waals surface area contributed by atoms with Gasteiger partial charge in [-0.1, -0.05) is 23.2 Å². The fraction of sp³-hybridized carbons (Fsp3) is 0.190. The van der Waals surface area contributed by atoms with Crippen molar-refractivity contribution < 1.29 is 23.9 Å². The second-order valence-electron chi connectivity index (χ2n) is 6.25. The van der Waals surface area contributed by atoms with Crippen LogP contribution in [-0.2, 0) is 9.59 Å². The van der Waals surface area contributed by atoms with Crippen LogP contribution in [0.2, 0.25) is 10.0 Å². The van der Waals surface area contributed by atoms with Crippen LogP contribution in [0.25, 0.3) is 6.08 Å². The summed E-state index contributed by atoms with van der Waals surface area (Å²) in [6.45, 7) is 4.57. The van der Waals surface area contributed by atoms with Crippen molar-refractivity contribution in [2.45, 2.75) is 13.8 Å². The van der Waals surface area contributed by atoms with Gasteiger partial charge in [-0.25, -0.2) is 9.69 Å². The molecule has 2 aromatic rings. The van der Waals surface area contributed by atoms with E-state index in [2.05, 4.69) is 27.9 Å². The van der Waals surface area contributed by atoms with Gasteiger partial charge in [0.2, 0.25) is 0 Å². The van der Waals surface area contributed by atoms with Crippen LogP contribution in [0.1, 0.15) is 19.4 Å². The maximum Gasteiger partial charge on any atom is 0.335 e. The number of benzene rings is 2.